The van der Waals surface area contributed by atoms with Crippen molar-refractivity contribution < 1.29 is 0 Å². The van der Waals surface area contributed by atoms with Crippen molar-refractivity contribution in [3.05, 3.63) is 37.0 Å². The standard InChI is InChI=1S/C10H16/c1-3-5-7-9-10-8-6-4-2/h3,5,7,9-10H,1,4,6,8H2,2H3/b7-5+,10-9+. The van der Waals surface area contributed by atoms with Gasteiger partial charge in [-0.25, -0.2) is 0 Å². The Morgan fingerprint density at radius 3 is 2.60 bits per heavy atom. The first kappa shape index (κ1) is 9.22. The molecule has 0 spiro atoms. The van der Waals surface area contributed by atoms with Crippen LogP contribution in [0.1, 0.15) is 26.2 Å². The summed E-state index contributed by atoms with van der Waals surface area (Å²) in [6.45, 7) is 5.78. The summed E-state index contributed by atoms with van der Waals surface area (Å²) in [4.78, 5) is 0. The third kappa shape index (κ3) is 7.22. The van der Waals surface area contributed by atoms with Crippen molar-refractivity contribution in [1.29, 1.82) is 0 Å². The number of allylic oxidation sites excluding steroid dienone is 5. The second-order valence-corrected chi connectivity index (χ2v) is 2.19. The molecule has 0 amide bonds. The zero-order chi connectivity index (χ0) is 7.66. The number of unbranched alkanes of at least 4 members (excludes halogenated alkanes) is 2. The molecule has 0 aliphatic rings. The van der Waals surface area contributed by atoms with E-state index in [0.29, 0.717) is 0 Å². The quantitative estimate of drug-likeness (QED) is 0.401. The summed E-state index contributed by atoms with van der Waals surface area (Å²) < 4.78 is 0. The summed E-state index contributed by atoms with van der Waals surface area (Å²) in [7, 11) is 0. The Bertz CT molecular complexity index is 118. The fraction of sp³-hybridized carbons (Fsp3) is 0.400. The zero-order valence-corrected chi connectivity index (χ0v) is 6.72. The summed E-state index contributed by atoms with van der Waals surface area (Å²) in [6.07, 6.45) is 13.7. The van der Waals surface area contributed by atoms with Crippen LogP contribution >= 0.6 is 0 Å². The molecule has 0 aliphatic heterocycles. The van der Waals surface area contributed by atoms with Crippen LogP contribution in [0.25, 0.3) is 0 Å². The first-order chi connectivity index (χ1) is 4.91. The molecule has 0 aromatic rings. The van der Waals surface area contributed by atoms with Gasteiger partial charge >= 0.3 is 0 Å². The summed E-state index contributed by atoms with van der Waals surface area (Å²) >= 11 is 0. The van der Waals surface area contributed by atoms with Crippen LogP contribution in [-0.4, -0.2) is 0 Å². The minimum absolute atomic E-state index is 1.19. The van der Waals surface area contributed by atoms with Crippen LogP contribution in [-0.2, 0) is 0 Å². The van der Waals surface area contributed by atoms with Crippen LogP contribution in [0.15, 0.2) is 37.0 Å². The predicted octanol–water partition coefficient (Wildman–Crippen LogP) is 3.48. The van der Waals surface area contributed by atoms with Gasteiger partial charge in [-0.3, -0.25) is 0 Å². The highest BCUT2D eigenvalue weighted by molar-refractivity contribution is 5.08. The van der Waals surface area contributed by atoms with Crippen LogP contribution in [0.3, 0.4) is 0 Å². The minimum atomic E-state index is 1.19. The Morgan fingerprint density at radius 1 is 1.20 bits per heavy atom. The van der Waals surface area contributed by atoms with Crippen LogP contribution < -0.4 is 0 Å². The monoisotopic (exact) mass is 136 g/mol. The Labute approximate surface area is 64.0 Å². The second kappa shape index (κ2) is 8.22. The van der Waals surface area contributed by atoms with E-state index in [1.54, 1.807) is 6.08 Å². The fourth-order valence-electron chi connectivity index (χ4n) is 0.639. The molecule has 0 N–H and O–H groups in total. The highest BCUT2D eigenvalue weighted by atomic mass is 13.8. The molecule has 0 saturated carbocycles. The normalized spacial score (nSPS) is 11.3. The van der Waals surface area contributed by atoms with Crippen molar-refractivity contribution in [3.8, 4) is 0 Å². The average molecular weight is 136 g/mol. The van der Waals surface area contributed by atoms with E-state index in [1.807, 2.05) is 12.2 Å². The molecule has 0 aromatic heterocycles. The van der Waals surface area contributed by atoms with Crippen molar-refractivity contribution >= 4 is 0 Å². The summed E-state index contributed by atoms with van der Waals surface area (Å²) in [6, 6.07) is 0. The molecule has 0 saturated heterocycles. The van der Waals surface area contributed by atoms with Gasteiger partial charge in [0, 0.05) is 0 Å². The molecule has 56 valence electrons. The van der Waals surface area contributed by atoms with Gasteiger partial charge in [-0.2, -0.15) is 0 Å². The van der Waals surface area contributed by atoms with Crippen molar-refractivity contribution in [1.82, 2.24) is 0 Å². The highest BCUT2D eigenvalue weighted by Gasteiger charge is 1.74. The first-order valence-electron chi connectivity index (χ1n) is 3.86. The Balaban J connectivity index is 3.19. The van der Waals surface area contributed by atoms with Crippen molar-refractivity contribution in [2.75, 3.05) is 0 Å². The van der Waals surface area contributed by atoms with E-state index in [1.165, 1.54) is 19.3 Å². The fourth-order valence-corrected chi connectivity index (χ4v) is 0.639. The SMILES string of the molecule is C=C/C=C/C=C/CCCC. The van der Waals surface area contributed by atoms with Crippen LogP contribution in [0.5, 0.6) is 0 Å². The van der Waals surface area contributed by atoms with Crippen LogP contribution in [0, 0.1) is 0 Å². The van der Waals surface area contributed by atoms with Crippen molar-refractivity contribution in [2.45, 2.75) is 26.2 Å². The van der Waals surface area contributed by atoms with E-state index in [9.17, 15) is 0 Å². The maximum atomic E-state index is 3.57. The molecule has 10 heavy (non-hydrogen) atoms. The van der Waals surface area contributed by atoms with Gasteiger partial charge in [-0.15, -0.1) is 0 Å². The summed E-state index contributed by atoms with van der Waals surface area (Å²) in [5, 5.41) is 0. The van der Waals surface area contributed by atoms with Crippen molar-refractivity contribution in [2.24, 2.45) is 0 Å². The lowest BCUT2D eigenvalue weighted by Crippen LogP contribution is -1.64. The third-order valence-electron chi connectivity index (χ3n) is 1.22. The largest absolute Gasteiger partial charge is 0.0991 e. The summed E-state index contributed by atoms with van der Waals surface area (Å²) in [5.74, 6) is 0. The third-order valence-corrected chi connectivity index (χ3v) is 1.22. The van der Waals surface area contributed by atoms with E-state index in [4.69, 9.17) is 0 Å². The molecule has 0 nitrogen and oxygen atoms in total. The molecular weight excluding hydrogens is 120 g/mol. The lowest BCUT2D eigenvalue weighted by Gasteiger charge is -1.84. The molecule has 0 rings (SSSR count). The van der Waals surface area contributed by atoms with Gasteiger partial charge in [-0.05, 0) is 6.42 Å². The van der Waals surface area contributed by atoms with Gasteiger partial charge in [0.15, 0.2) is 0 Å². The maximum absolute atomic E-state index is 3.57. The van der Waals surface area contributed by atoms with Gasteiger partial charge in [0.25, 0.3) is 0 Å². The Kier molecular flexibility index (Phi) is 7.58. The van der Waals surface area contributed by atoms with Crippen LogP contribution in [0.4, 0.5) is 0 Å². The Hall–Kier alpha value is -0.780. The first-order valence-corrected chi connectivity index (χ1v) is 3.86. The lowest BCUT2D eigenvalue weighted by atomic mass is 10.2. The molecule has 0 fully saturated rings. The molecule has 0 unspecified atom stereocenters. The van der Waals surface area contributed by atoms with Gasteiger partial charge in [-0.1, -0.05) is 56.7 Å². The van der Waals surface area contributed by atoms with Crippen LogP contribution in [0.2, 0.25) is 0 Å². The second-order valence-electron chi connectivity index (χ2n) is 2.19. The average Bonchev–Trinajstić information content (AvgIpc) is 1.97. The molecular formula is C10H16. The predicted molar refractivity (Wildman–Crippen MR) is 48.0 cm³/mol. The molecule has 0 heteroatoms. The maximum Gasteiger partial charge on any atom is -0.0348 e. The topological polar surface area (TPSA) is 0 Å². The van der Waals surface area contributed by atoms with Gasteiger partial charge in [0.05, 0.1) is 0 Å². The van der Waals surface area contributed by atoms with E-state index in [-0.39, 0.29) is 0 Å². The molecule has 0 bridgehead atoms. The van der Waals surface area contributed by atoms with Gasteiger partial charge in [0.1, 0.15) is 0 Å². The van der Waals surface area contributed by atoms with E-state index < -0.39 is 0 Å². The number of hydrogen-bond donors (Lipinski definition) is 0. The molecule has 0 heterocycles. The smallest absolute Gasteiger partial charge is 0.0348 e. The number of rotatable bonds is 5. The van der Waals surface area contributed by atoms with Gasteiger partial charge < -0.3 is 0 Å². The Morgan fingerprint density at radius 2 is 2.00 bits per heavy atom. The summed E-state index contributed by atoms with van der Waals surface area (Å²) in [5.41, 5.74) is 0. The highest BCUT2D eigenvalue weighted by Crippen LogP contribution is 1.94. The molecule has 0 aliphatic carbocycles. The number of hydrogen-bond acceptors (Lipinski definition) is 0. The molecule has 0 aromatic carbocycles. The molecule has 0 radical (unpaired) electrons. The minimum Gasteiger partial charge on any atom is -0.0991 e. The van der Waals surface area contributed by atoms with E-state index >= 15 is 0 Å². The van der Waals surface area contributed by atoms with Gasteiger partial charge in [0.2, 0.25) is 0 Å². The van der Waals surface area contributed by atoms with Crippen molar-refractivity contribution in [3.63, 3.8) is 0 Å². The lowest BCUT2D eigenvalue weighted by molar-refractivity contribution is 0.815. The van der Waals surface area contributed by atoms with E-state index in [2.05, 4.69) is 25.7 Å². The van der Waals surface area contributed by atoms with E-state index in [0.717, 1.165) is 0 Å². The molecule has 0 atom stereocenters. The zero-order valence-electron chi connectivity index (χ0n) is 6.72.